The summed E-state index contributed by atoms with van der Waals surface area (Å²) in [5.74, 6) is 0.313. The van der Waals surface area contributed by atoms with Crippen molar-refractivity contribution in [1.29, 1.82) is 0 Å². The molecule has 9 heteroatoms. The molecule has 1 aliphatic heterocycles. The largest absolute Gasteiger partial charge is 0.412 e. The van der Waals surface area contributed by atoms with E-state index in [1.165, 1.54) is 6.33 Å². The van der Waals surface area contributed by atoms with Gasteiger partial charge in [-0.3, -0.25) is 0 Å². The van der Waals surface area contributed by atoms with Crippen molar-refractivity contribution >= 4 is 22.9 Å². The number of hydrogen-bond acceptors (Lipinski definition) is 7. The van der Waals surface area contributed by atoms with Crippen molar-refractivity contribution < 1.29 is 20.4 Å². The van der Waals surface area contributed by atoms with Gasteiger partial charge in [0.2, 0.25) is 0 Å². The molecule has 2 aromatic heterocycles. The highest BCUT2D eigenvalue weighted by atomic mass is 16.5. The van der Waals surface area contributed by atoms with Crippen LogP contribution in [0.25, 0.3) is 17.1 Å². The number of anilines is 1. The molecule has 1 aliphatic rings. The maximum Gasteiger partial charge on any atom is 0.166 e. The standard InChI is InChI=1S/C12H15N5O3.H2O/c1-2-6-10-11(13)14-5-15-12(10)17(16-6)9-3-7(19)8(4-18)20-9;/h2,5,7-9,18-19H,1,3-4H2,(H2,13,14,15);1H2/t7-,8+,9+;/m0./s1. The molecule has 3 rings (SSSR count). The van der Waals surface area contributed by atoms with Crippen LogP contribution in [0.4, 0.5) is 5.82 Å². The molecule has 2 aromatic rings. The van der Waals surface area contributed by atoms with Gasteiger partial charge in [0.15, 0.2) is 11.9 Å². The van der Waals surface area contributed by atoms with Crippen LogP contribution in [-0.4, -0.2) is 54.3 Å². The molecule has 6 N–H and O–H groups in total. The second-order valence-electron chi connectivity index (χ2n) is 4.61. The zero-order chi connectivity index (χ0) is 14.3. The zero-order valence-electron chi connectivity index (χ0n) is 11.2. The van der Waals surface area contributed by atoms with Crippen LogP contribution in [0.1, 0.15) is 18.3 Å². The topological polar surface area (TPSA) is 151 Å². The fraction of sp³-hybridized carbons (Fsp3) is 0.417. The van der Waals surface area contributed by atoms with Crippen LogP contribution in [0.15, 0.2) is 12.9 Å². The Balaban J connectivity index is 0.00000161. The van der Waals surface area contributed by atoms with Gasteiger partial charge in [-0.1, -0.05) is 6.58 Å². The lowest BCUT2D eigenvalue weighted by atomic mass is 10.2. The number of rotatable bonds is 3. The van der Waals surface area contributed by atoms with Crippen molar-refractivity contribution in [1.82, 2.24) is 19.7 Å². The van der Waals surface area contributed by atoms with E-state index >= 15 is 0 Å². The Morgan fingerprint density at radius 1 is 1.52 bits per heavy atom. The van der Waals surface area contributed by atoms with Gasteiger partial charge in [0.25, 0.3) is 0 Å². The predicted molar refractivity (Wildman–Crippen MR) is 75.1 cm³/mol. The highest BCUT2D eigenvalue weighted by molar-refractivity contribution is 5.92. The second-order valence-corrected chi connectivity index (χ2v) is 4.61. The van der Waals surface area contributed by atoms with Crippen molar-refractivity contribution in [3.05, 3.63) is 18.6 Å². The zero-order valence-corrected chi connectivity index (χ0v) is 11.2. The summed E-state index contributed by atoms with van der Waals surface area (Å²) in [5, 5.41) is 23.9. The van der Waals surface area contributed by atoms with E-state index in [1.54, 1.807) is 10.8 Å². The van der Waals surface area contributed by atoms with E-state index < -0.39 is 18.4 Å². The summed E-state index contributed by atoms with van der Waals surface area (Å²) < 4.78 is 7.12. The van der Waals surface area contributed by atoms with Crippen LogP contribution < -0.4 is 5.73 Å². The quantitative estimate of drug-likeness (QED) is 0.647. The number of aliphatic hydroxyl groups is 2. The van der Waals surface area contributed by atoms with E-state index in [1.807, 2.05) is 0 Å². The fourth-order valence-corrected chi connectivity index (χ4v) is 2.39. The van der Waals surface area contributed by atoms with Gasteiger partial charge in [-0.05, 0) is 6.08 Å². The summed E-state index contributed by atoms with van der Waals surface area (Å²) in [4.78, 5) is 8.11. The Hall–Kier alpha value is -2.07. The molecule has 0 spiro atoms. The van der Waals surface area contributed by atoms with Crippen molar-refractivity contribution in [3.8, 4) is 0 Å². The summed E-state index contributed by atoms with van der Waals surface area (Å²) >= 11 is 0. The molecule has 0 saturated carbocycles. The van der Waals surface area contributed by atoms with Crippen LogP contribution in [-0.2, 0) is 4.74 Å². The minimum atomic E-state index is -0.740. The van der Waals surface area contributed by atoms with Crippen molar-refractivity contribution in [3.63, 3.8) is 0 Å². The first-order chi connectivity index (χ1) is 9.65. The molecule has 0 aliphatic carbocycles. The molecule has 0 bridgehead atoms. The molecule has 114 valence electrons. The molecule has 1 fully saturated rings. The molecule has 3 atom stereocenters. The SMILES string of the molecule is C=Cc1nn([C@H]2C[C@H](O)[C@@H](CO)O2)c2ncnc(N)c12.O. The van der Waals surface area contributed by atoms with E-state index in [-0.39, 0.29) is 12.1 Å². The summed E-state index contributed by atoms with van der Waals surface area (Å²) in [6.45, 7) is 3.44. The first kappa shape index (κ1) is 15.3. The number of fused-ring (bicyclic) bond motifs is 1. The number of nitrogens with zero attached hydrogens (tertiary/aromatic N) is 4. The van der Waals surface area contributed by atoms with Crippen LogP contribution in [0, 0.1) is 0 Å². The molecule has 0 radical (unpaired) electrons. The Kier molecular flexibility index (Phi) is 4.19. The van der Waals surface area contributed by atoms with Gasteiger partial charge in [-0.2, -0.15) is 5.10 Å². The van der Waals surface area contributed by atoms with E-state index in [4.69, 9.17) is 15.6 Å². The second kappa shape index (κ2) is 5.74. The Bertz CT molecular complexity index is 658. The minimum absolute atomic E-state index is 0. The molecule has 0 unspecified atom stereocenters. The molecule has 3 heterocycles. The predicted octanol–water partition coefficient (Wildman–Crippen LogP) is -1.13. The smallest absolute Gasteiger partial charge is 0.166 e. The lowest BCUT2D eigenvalue weighted by Gasteiger charge is -2.12. The van der Waals surface area contributed by atoms with Crippen molar-refractivity contribution in [2.24, 2.45) is 0 Å². The van der Waals surface area contributed by atoms with Crippen LogP contribution in [0.5, 0.6) is 0 Å². The van der Waals surface area contributed by atoms with Gasteiger partial charge in [-0.15, -0.1) is 0 Å². The summed E-state index contributed by atoms with van der Waals surface area (Å²) in [7, 11) is 0. The Labute approximate surface area is 120 Å². The number of ether oxygens (including phenoxy) is 1. The van der Waals surface area contributed by atoms with Gasteiger partial charge in [0, 0.05) is 6.42 Å². The monoisotopic (exact) mass is 295 g/mol. The third-order valence-corrected chi connectivity index (χ3v) is 3.40. The van der Waals surface area contributed by atoms with Crippen LogP contribution in [0.2, 0.25) is 0 Å². The minimum Gasteiger partial charge on any atom is -0.412 e. The van der Waals surface area contributed by atoms with Gasteiger partial charge in [-0.25, -0.2) is 14.6 Å². The lowest BCUT2D eigenvalue weighted by Crippen LogP contribution is -2.24. The molecule has 0 amide bonds. The maximum atomic E-state index is 9.81. The lowest BCUT2D eigenvalue weighted by molar-refractivity contribution is -0.0470. The van der Waals surface area contributed by atoms with Crippen molar-refractivity contribution in [2.45, 2.75) is 24.9 Å². The maximum absolute atomic E-state index is 9.81. The molecule has 9 nitrogen and oxygen atoms in total. The van der Waals surface area contributed by atoms with Crippen LogP contribution in [0.3, 0.4) is 0 Å². The molecular weight excluding hydrogens is 278 g/mol. The summed E-state index contributed by atoms with van der Waals surface area (Å²) in [5.41, 5.74) is 6.92. The third kappa shape index (κ3) is 2.36. The number of aromatic nitrogens is 4. The molecule has 1 saturated heterocycles. The summed E-state index contributed by atoms with van der Waals surface area (Å²) in [6, 6.07) is 0. The average Bonchev–Trinajstić information content (AvgIpc) is 3.00. The van der Waals surface area contributed by atoms with E-state index in [0.29, 0.717) is 29.0 Å². The average molecular weight is 295 g/mol. The number of aliphatic hydroxyl groups excluding tert-OH is 2. The Morgan fingerprint density at radius 3 is 2.90 bits per heavy atom. The third-order valence-electron chi connectivity index (χ3n) is 3.40. The van der Waals surface area contributed by atoms with E-state index in [2.05, 4.69) is 21.6 Å². The highest BCUT2D eigenvalue weighted by Crippen LogP contribution is 2.32. The van der Waals surface area contributed by atoms with Gasteiger partial charge >= 0.3 is 0 Å². The molecule has 0 aromatic carbocycles. The normalized spacial score (nSPS) is 25.0. The van der Waals surface area contributed by atoms with E-state index in [9.17, 15) is 5.11 Å². The highest BCUT2D eigenvalue weighted by Gasteiger charge is 2.36. The van der Waals surface area contributed by atoms with Crippen molar-refractivity contribution in [2.75, 3.05) is 12.3 Å². The van der Waals surface area contributed by atoms with Gasteiger partial charge in [0.05, 0.1) is 23.8 Å². The fourth-order valence-electron chi connectivity index (χ4n) is 2.39. The number of nitrogen functional groups attached to an aromatic ring is 1. The number of nitrogens with two attached hydrogens (primary N) is 1. The first-order valence-electron chi connectivity index (χ1n) is 6.21. The van der Waals surface area contributed by atoms with Gasteiger partial charge in [0.1, 0.15) is 18.2 Å². The first-order valence-corrected chi connectivity index (χ1v) is 6.21. The Morgan fingerprint density at radius 2 is 2.29 bits per heavy atom. The van der Waals surface area contributed by atoms with Gasteiger partial charge < -0.3 is 26.2 Å². The van der Waals surface area contributed by atoms with E-state index in [0.717, 1.165) is 0 Å². The summed E-state index contributed by atoms with van der Waals surface area (Å²) in [6.07, 6.45) is 1.36. The molecular formula is C12H17N5O4. The number of hydrogen-bond donors (Lipinski definition) is 3. The van der Waals surface area contributed by atoms with Crippen LogP contribution >= 0.6 is 0 Å². The molecule has 21 heavy (non-hydrogen) atoms.